The number of aliphatic hydroxyl groups is 4. The molecule has 6 atom stereocenters. The fraction of sp³-hybridized carbons (Fsp3) is 1.00. The van der Waals surface area contributed by atoms with Crippen molar-refractivity contribution in [2.24, 2.45) is 0 Å². The first-order chi connectivity index (χ1) is 7.63. The molecular weight excluding hydrogens is 259 g/mol. The first-order valence-corrected chi connectivity index (χ1v) is 6.28. The summed E-state index contributed by atoms with van der Waals surface area (Å²) in [4.78, 5) is 17.1. The Morgan fingerprint density at radius 3 is 2.12 bits per heavy atom. The van der Waals surface area contributed by atoms with Crippen molar-refractivity contribution in [3.8, 4) is 0 Å². The number of hydrogen-bond donors (Lipinski definition) is 6. The first-order valence-electron chi connectivity index (χ1n) is 4.75. The molecule has 0 spiro atoms. The minimum absolute atomic E-state index is 1.23. The van der Waals surface area contributed by atoms with E-state index in [9.17, 15) is 25.0 Å². The van der Waals surface area contributed by atoms with Crippen molar-refractivity contribution >= 4 is 7.82 Å². The Bertz CT molecular complexity index is 302. The summed E-state index contributed by atoms with van der Waals surface area (Å²) >= 11 is 0. The molecular formula is C7H15O9P. The second kappa shape index (κ2) is 5.27. The average molecular weight is 274 g/mol. The smallest absolute Gasteiger partial charge is 0.391 e. The molecule has 6 N–H and O–H groups in total. The monoisotopic (exact) mass is 274 g/mol. The molecule has 9 nitrogen and oxygen atoms in total. The van der Waals surface area contributed by atoms with Crippen LogP contribution in [0.25, 0.3) is 0 Å². The van der Waals surface area contributed by atoms with E-state index >= 15 is 0 Å². The molecule has 102 valence electrons. The molecule has 10 heteroatoms. The van der Waals surface area contributed by atoms with Crippen LogP contribution in [0.5, 0.6) is 0 Å². The number of hydrogen-bond acceptors (Lipinski definition) is 7. The molecule has 0 unspecified atom stereocenters. The minimum Gasteiger partial charge on any atom is -0.391 e. The maximum atomic E-state index is 10.6. The molecule has 0 aliphatic carbocycles. The lowest BCUT2D eigenvalue weighted by atomic mass is 9.96. The van der Waals surface area contributed by atoms with Gasteiger partial charge in [-0.2, -0.15) is 0 Å². The van der Waals surface area contributed by atoms with Crippen molar-refractivity contribution in [3.05, 3.63) is 0 Å². The summed E-state index contributed by atoms with van der Waals surface area (Å²) in [6.45, 7) is 1.24. The lowest BCUT2D eigenvalue weighted by Crippen LogP contribution is -2.60. The summed E-state index contributed by atoms with van der Waals surface area (Å²) in [5.74, 6) is 0. The Morgan fingerprint density at radius 1 is 1.18 bits per heavy atom. The third-order valence-electron chi connectivity index (χ3n) is 2.32. The summed E-state index contributed by atoms with van der Waals surface area (Å²) in [7, 11) is -4.93. The lowest BCUT2D eigenvalue weighted by molar-refractivity contribution is -0.289. The van der Waals surface area contributed by atoms with E-state index in [1.807, 2.05) is 0 Å². The van der Waals surface area contributed by atoms with Crippen molar-refractivity contribution in [2.75, 3.05) is 0 Å². The Morgan fingerprint density at radius 2 is 1.71 bits per heavy atom. The quantitative estimate of drug-likeness (QED) is 0.301. The van der Waals surface area contributed by atoms with Gasteiger partial charge in [0.1, 0.15) is 24.4 Å². The Balaban J connectivity index is 2.82. The molecule has 1 saturated heterocycles. The van der Waals surface area contributed by atoms with Crippen LogP contribution >= 0.6 is 7.82 Å². The fourth-order valence-electron chi connectivity index (χ4n) is 1.49. The SMILES string of the molecule is C[C@@H](O)[C@H]1O[C@H](OP(=O)(O)O)[C@H](O)[C@@H](O)[C@@H]1O. The molecule has 1 rings (SSSR count). The van der Waals surface area contributed by atoms with E-state index in [2.05, 4.69) is 4.52 Å². The van der Waals surface area contributed by atoms with E-state index in [-0.39, 0.29) is 0 Å². The van der Waals surface area contributed by atoms with Gasteiger partial charge in [0.2, 0.25) is 0 Å². The van der Waals surface area contributed by atoms with Crippen LogP contribution in [0.1, 0.15) is 6.92 Å². The van der Waals surface area contributed by atoms with Gasteiger partial charge < -0.3 is 34.9 Å². The van der Waals surface area contributed by atoms with Gasteiger partial charge in [0.05, 0.1) is 6.10 Å². The van der Waals surface area contributed by atoms with Crippen LogP contribution in [0.3, 0.4) is 0 Å². The van der Waals surface area contributed by atoms with Gasteiger partial charge in [-0.25, -0.2) is 4.57 Å². The number of phosphoric acid groups is 1. The molecule has 0 saturated carbocycles. The first kappa shape index (κ1) is 15.0. The van der Waals surface area contributed by atoms with Crippen LogP contribution < -0.4 is 0 Å². The molecule has 0 amide bonds. The summed E-state index contributed by atoms with van der Waals surface area (Å²) < 4.78 is 19.5. The largest absolute Gasteiger partial charge is 0.472 e. The number of rotatable bonds is 3. The van der Waals surface area contributed by atoms with Gasteiger partial charge in [-0.1, -0.05) is 0 Å². The van der Waals surface area contributed by atoms with Gasteiger partial charge in [0, 0.05) is 0 Å². The summed E-state index contributed by atoms with van der Waals surface area (Å²) in [6.07, 6.45) is -9.58. The normalized spacial score (nSPS) is 41.2. The van der Waals surface area contributed by atoms with Gasteiger partial charge in [-0.05, 0) is 6.92 Å². The summed E-state index contributed by atoms with van der Waals surface area (Å²) in [5, 5.41) is 37.5. The zero-order chi connectivity index (χ0) is 13.4. The number of phosphoric ester groups is 1. The van der Waals surface area contributed by atoms with Crippen molar-refractivity contribution < 1.29 is 44.0 Å². The molecule has 1 aliphatic rings. The maximum absolute atomic E-state index is 10.6. The summed E-state index contributed by atoms with van der Waals surface area (Å²) in [5.41, 5.74) is 0. The van der Waals surface area contributed by atoms with Crippen molar-refractivity contribution in [2.45, 2.75) is 43.7 Å². The highest BCUT2D eigenvalue weighted by atomic mass is 31.2. The van der Waals surface area contributed by atoms with Crippen molar-refractivity contribution in [1.82, 2.24) is 0 Å². The van der Waals surface area contributed by atoms with Crippen LogP contribution in [0.4, 0.5) is 0 Å². The third-order valence-corrected chi connectivity index (χ3v) is 2.81. The molecule has 1 heterocycles. The van der Waals surface area contributed by atoms with Gasteiger partial charge in [0.25, 0.3) is 0 Å². The number of aliphatic hydroxyl groups excluding tert-OH is 4. The highest BCUT2D eigenvalue weighted by Crippen LogP contribution is 2.40. The second-order valence-electron chi connectivity index (χ2n) is 3.78. The lowest BCUT2D eigenvalue weighted by Gasteiger charge is -2.41. The Labute approximate surface area is 96.5 Å². The topological polar surface area (TPSA) is 157 Å². The minimum atomic E-state index is -4.93. The van der Waals surface area contributed by atoms with Gasteiger partial charge in [-0.3, -0.25) is 4.52 Å². The summed E-state index contributed by atoms with van der Waals surface area (Å²) in [6, 6.07) is 0. The second-order valence-corrected chi connectivity index (χ2v) is 4.97. The van der Waals surface area contributed by atoms with E-state index in [1.54, 1.807) is 0 Å². The van der Waals surface area contributed by atoms with Gasteiger partial charge in [-0.15, -0.1) is 0 Å². The van der Waals surface area contributed by atoms with Crippen molar-refractivity contribution in [1.29, 1.82) is 0 Å². The van der Waals surface area contributed by atoms with E-state index in [0.717, 1.165) is 0 Å². The maximum Gasteiger partial charge on any atom is 0.472 e. The van der Waals surface area contributed by atoms with E-state index in [4.69, 9.17) is 14.5 Å². The average Bonchev–Trinajstić information content (AvgIpc) is 2.16. The Hall–Kier alpha value is -0.0900. The third kappa shape index (κ3) is 3.68. The molecule has 0 radical (unpaired) electrons. The number of ether oxygens (including phenoxy) is 1. The highest BCUT2D eigenvalue weighted by Gasteiger charge is 2.47. The molecule has 0 bridgehead atoms. The zero-order valence-electron chi connectivity index (χ0n) is 8.82. The van der Waals surface area contributed by atoms with Gasteiger partial charge >= 0.3 is 7.82 Å². The zero-order valence-corrected chi connectivity index (χ0v) is 9.71. The van der Waals surface area contributed by atoms with Gasteiger partial charge in [0.15, 0.2) is 6.29 Å². The molecule has 1 fully saturated rings. The predicted octanol–water partition coefficient (Wildman–Crippen LogP) is -2.72. The van der Waals surface area contributed by atoms with E-state index in [1.165, 1.54) is 6.92 Å². The standard InChI is InChI=1S/C7H15O9P/c1-2(8)6-4(10)3(9)5(11)7(15-6)16-17(12,13)14/h2-11H,1H3,(H2,12,13,14)/t2-,3+,4+,5-,6-,7-/m1/s1. The van der Waals surface area contributed by atoms with Crippen LogP contribution in [-0.4, -0.2) is 67.0 Å². The molecule has 17 heavy (non-hydrogen) atoms. The van der Waals surface area contributed by atoms with E-state index in [0.29, 0.717) is 0 Å². The Kier molecular flexibility index (Phi) is 4.64. The van der Waals surface area contributed by atoms with E-state index < -0.39 is 44.6 Å². The van der Waals surface area contributed by atoms with Crippen LogP contribution in [0, 0.1) is 0 Å². The molecule has 0 aromatic carbocycles. The van der Waals surface area contributed by atoms with Crippen LogP contribution in [0.2, 0.25) is 0 Å². The van der Waals surface area contributed by atoms with Crippen LogP contribution in [-0.2, 0) is 13.8 Å². The van der Waals surface area contributed by atoms with Crippen LogP contribution in [0.15, 0.2) is 0 Å². The molecule has 0 aromatic rings. The highest BCUT2D eigenvalue weighted by molar-refractivity contribution is 7.46. The van der Waals surface area contributed by atoms with Crippen molar-refractivity contribution in [3.63, 3.8) is 0 Å². The molecule has 1 aliphatic heterocycles. The molecule has 0 aromatic heterocycles. The fourth-order valence-corrected chi connectivity index (χ4v) is 1.94. The predicted molar refractivity (Wildman–Crippen MR) is 51.5 cm³/mol.